The number of carbonyl (C=O) groups is 1. The van der Waals surface area contributed by atoms with E-state index in [4.69, 9.17) is 5.73 Å². The molecule has 0 aromatic rings. The minimum atomic E-state index is -1.14. The molecule has 0 saturated heterocycles. The molecule has 11 heavy (non-hydrogen) atoms. The summed E-state index contributed by atoms with van der Waals surface area (Å²) in [5.74, 6) is -1.14. The van der Waals surface area contributed by atoms with Crippen LogP contribution in [0.15, 0.2) is 12.2 Å². The Morgan fingerprint density at radius 1 is 1.36 bits per heavy atom. The third-order valence-electron chi connectivity index (χ3n) is 1.47. The molecule has 0 aliphatic rings. The molecule has 0 amide bonds. The zero-order valence-electron chi connectivity index (χ0n) is 6.64. The largest absolute Gasteiger partial charge is 0.545 e. The van der Waals surface area contributed by atoms with Crippen molar-refractivity contribution in [3.63, 3.8) is 0 Å². The van der Waals surface area contributed by atoms with Crippen LogP contribution in [0.1, 0.15) is 25.7 Å². The van der Waals surface area contributed by atoms with Crippen molar-refractivity contribution in [2.24, 2.45) is 5.73 Å². The smallest absolute Gasteiger partial charge is 0.0668 e. The Hall–Kier alpha value is -0.830. The van der Waals surface area contributed by atoms with Crippen LogP contribution in [0.4, 0.5) is 0 Å². The minimum Gasteiger partial charge on any atom is -0.545 e. The maximum atomic E-state index is 10.1. The predicted molar refractivity (Wildman–Crippen MR) is 41.7 cm³/mol. The zero-order chi connectivity index (χ0) is 8.69. The van der Waals surface area contributed by atoms with Gasteiger partial charge in [-0.05, 0) is 31.4 Å². The minimum absolute atomic E-state index is 0.182. The van der Waals surface area contributed by atoms with Gasteiger partial charge in [-0.2, -0.15) is 0 Å². The van der Waals surface area contributed by atoms with Gasteiger partial charge in [0.1, 0.15) is 0 Å². The summed E-state index contributed by atoms with van der Waals surface area (Å²) in [5.41, 5.74) is 5.44. The molecule has 0 aromatic heterocycles. The van der Waals surface area contributed by atoms with Gasteiger partial charge in [-0.25, -0.2) is 0 Å². The topological polar surface area (TPSA) is 66.2 Å². The second-order valence-electron chi connectivity index (χ2n) is 2.49. The lowest BCUT2D eigenvalue weighted by atomic mass is 10.1. The van der Waals surface area contributed by atoms with E-state index in [0.29, 0.717) is 13.0 Å². The number of unbranched alkanes of at least 4 members (excludes halogenated alkanes) is 2. The molecule has 0 aromatic carbocycles. The van der Waals surface area contributed by atoms with Crippen molar-refractivity contribution in [3.8, 4) is 0 Å². The lowest BCUT2D eigenvalue weighted by Gasteiger charge is -2.04. The molecule has 3 heteroatoms. The third-order valence-corrected chi connectivity index (χ3v) is 1.47. The first-order chi connectivity index (χ1) is 5.18. The van der Waals surface area contributed by atoms with Gasteiger partial charge in [0.15, 0.2) is 0 Å². The highest BCUT2D eigenvalue weighted by Crippen LogP contribution is 2.05. The maximum Gasteiger partial charge on any atom is 0.0668 e. The van der Waals surface area contributed by atoms with Crippen LogP contribution in [0.5, 0.6) is 0 Å². The highest BCUT2D eigenvalue weighted by atomic mass is 16.4. The Kier molecular flexibility index (Phi) is 5.47. The molecule has 0 atom stereocenters. The fourth-order valence-corrected chi connectivity index (χ4v) is 0.762. The van der Waals surface area contributed by atoms with Crippen LogP contribution in [0.3, 0.4) is 0 Å². The first-order valence-electron chi connectivity index (χ1n) is 3.77. The summed E-state index contributed by atoms with van der Waals surface area (Å²) in [7, 11) is 0. The highest BCUT2D eigenvalue weighted by molar-refractivity contribution is 5.83. The van der Waals surface area contributed by atoms with E-state index in [1.54, 1.807) is 0 Å². The molecule has 0 aliphatic carbocycles. The van der Waals surface area contributed by atoms with E-state index >= 15 is 0 Å². The number of nitrogens with two attached hydrogens (primary N) is 1. The summed E-state index contributed by atoms with van der Waals surface area (Å²) in [6.07, 6.45) is 3.26. The molecular formula is C8H14NO2-. The molecule has 3 nitrogen and oxygen atoms in total. The Morgan fingerprint density at radius 2 is 2.00 bits per heavy atom. The average Bonchev–Trinajstić information content (AvgIpc) is 1.97. The normalized spacial score (nSPS) is 9.55. The van der Waals surface area contributed by atoms with Crippen LogP contribution in [-0.2, 0) is 4.79 Å². The molecule has 0 aliphatic heterocycles. The van der Waals surface area contributed by atoms with Crippen LogP contribution in [-0.4, -0.2) is 12.5 Å². The quantitative estimate of drug-likeness (QED) is 0.428. The van der Waals surface area contributed by atoms with Gasteiger partial charge in [0.25, 0.3) is 0 Å². The molecular weight excluding hydrogens is 142 g/mol. The summed E-state index contributed by atoms with van der Waals surface area (Å²) in [5, 5.41) is 10.1. The monoisotopic (exact) mass is 156 g/mol. The van der Waals surface area contributed by atoms with Gasteiger partial charge in [-0.15, -0.1) is 0 Å². The molecule has 0 unspecified atom stereocenters. The highest BCUT2D eigenvalue weighted by Gasteiger charge is 1.93. The Bertz CT molecular complexity index is 143. The van der Waals surface area contributed by atoms with Crippen molar-refractivity contribution >= 4 is 5.97 Å². The van der Waals surface area contributed by atoms with Gasteiger partial charge >= 0.3 is 0 Å². The molecule has 0 heterocycles. The predicted octanol–water partition coefficient (Wildman–Crippen LogP) is -0.188. The molecule has 0 saturated carbocycles. The first-order valence-corrected chi connectivity index (χ1v) is 3.77. The molecule has 0 fully saturated rings. The van der Waals surface area contributed by atoms with Gasteiger partial charge < -0.3 is 15.6 Å². The number of hydrogen-bond acceptors (Lipinski definition) is 3. The first kappa shape index (κ1) is 10.2. The van der Waals surface area contributed by atoms with E-state index in [2.05, 4.69) is 6.58 Å². The standard InChI is InChI=1S/C8H15NO2/c1-7(8(10)11)5-3-2-4-6-9/h1-6,9H2,(H,10,11)/p-1. The number of carbonyl (C=O) groups excluding carboxylic acids is 1. The SMILES string of the molecule is C=C(CCCCCN)C(=O)[O-]. The fourth-order valence-electron chi connectivity index (χ4n) is 0.762. The number of carboxylic acid groups (broad SMARTS) is 1. The van der Waals surface area contributed by atoms with Crippen LogP contribution < -0.4 is 10.8 Å². The summed E-state index contributed by atoms with van der Waals surface area (Å²) in [6.45, 7) is 4.02. The number of hydrogen-bond donors (Lipinski definition) is 1. The Labute approximate surface area is 66.9 Å². The van der Waals surface area contributed by atoms with E-state index < -0.39 is 5.97 Å². The summed E-state index contributed by atoms with van der Waals surface area (Å²) in [4.78, 5) is 10.1. The Balaban J connectivity index is 3.25. The second kappa shape index (κ2) is 5.92. The van der Waals surface area contributed by atoms with Crippen molar-refractivity contribution in [2.45, 2.75) is 25.7 Å². The zero-order valence-corrected chi connectivity index (χ0v) is 6.64. The van der Waals surface area contributed by atoms with Crippen LogP contribution in [0.25, 0.3) is 0 Å². The van der Waals surface area contributed by atoms with Gasteiger partial charge in [-0.1, -0.05) is 13.0 Å². The third kappa shape index (κ3) is 5.61. The lowest BCUT2D eigenvalue weighted by Crippen LogP contribution is -2.23. The van der Waals surface area contributed by atoms with Crippen LogP contribution in [0.2, 0.25) is 0 Å². The van der Waals surface area contributed by atoms with Gasteiger partial charge in [-0.3, -0.25) is 0 Å². The number of aliphatic carboxylic acids is 1. The van der Waals surface area contributed by atoms with E-state index in [1.807, 2.05) is 0 Å². The van der Waals surface area contributed by atoms with Crippen molar-refractivity contribution in [3.05, 3.63) is 12.2 Å². The number of carboxylic acids is 1. The number of rotatable bonds is 6. The maximum absolute atomic E-state index is 10.1. The van der Waals surface area contributed by atoms with Crippen molar-refractivity contribution in [1.82, 2.24) is 0 Å². The molecule has 0 radical (unpaired) electrons. The van der Waals surface area contributed by atoms with Gasteiger partial charge in [0.05, 0.1) is 5.97 Å². The van der Waals surface area contributed by atoms with Crippen molar-refractivity contribution in [2.75, 3.05) is 6.54 Å². The molecule has 0 rings (SSSR count). The van der Waals surface area contributed by atoms with Crippen LogP contribution >= 0.6 is 0 Å². The fraction of sp³-hybridized carbons (Fsp3) is 0.625. The Morgan fingerprint density at radius 3 is 2.45 bits per heavy atom. The lowest BCUT2D eigenvalue weighted by molar-refractivity contribution is -0.299. The molecule has 0 bridgehead atoms. The van der Waals surface area contributed by atoms with Crippen molar-refractivity contribution in [1.29, 1.82) is 0 Å². The van der Waals surface area contributed by atoms with E-state index in [9.17, 15) is 9.90 Å². The average molecular weight is 156 g/mol. The second-order valence-corrected chi connectivity index (χ2v) is 2.49. The summed E-state index contributed by atoms with van der Waals surface area (Å²) >= 11 is 0. The van der Waals surface area contributed by atoms with Gasteiger partial charge in [0.2, 0.25) is 0 Å². The van der Waals surface area contributed by atoms with E-state index in [0.717, 1.165) is 19.3 Å². The molecule has 2 N–H and O–H groups in total. The van der Waals surface area contributed by atoms with Crippen molar-refractivity contribution < 1.29 is 9.90 Å². The van der Waals surface area contributed by atoms with Gasteiger partial charge in [0, 0.05) is 0 Å². The summed E-state index contributed by atoms with van der Waals surface area (Å²) in [6, 6.07) is 0. The van der Waals surface area contributed by atoms with Crippen LogP contribution in [0, 0.1) is 0 Å². The van der Waals surface area contributed by atoms with E-state index in [1.165, 1.54) is 0 Å². The van der Waals surface area contributed by atoms with E-state index in [-0.39, 0.29) is 5.57 Å². The molecule has 64 valence electrons. The molecule has 0 spiro atoms. The summed E-state index contributed by atoms with van der Waals surface area (Å²) < 4.78 is 0.